The Kier molecular flexibility index (Phi) is 7.16. The molecule has 2 aromatic rings. The highest BCUT2D eigenvalue weighted by atomic mass is 35.5. The van der Waals surface area contributed by atoms with Gasteiger partial charge in [0.05, 0.1) is 20.3 Å². The highest BCUT2D eigenvalue weighted by molar-refractivity contribution is 6.31. The van der Waals surface area contributed by atoms with E-state index in [1.807, 2.05) is 32.0 Å². The summed E-state index contributed by atoms with van der Waals surface area (Å²) in [6, 6.07) is 10.8. The van der Waals surface area contributed by atoms with Gasteiger partial charge in [-0.25, -0.2) is 0 Å². The van der Waals surface area contributed by atoms with Gasteiger partial charge in [-0.15, -0.1) is 0 Å². The molecule has 1 amide bonds. The molecular weight excluding hydrogens is 354 g/mol. The van der Waals surface area contributed by atoms with Crippen molar-refractivity contribution >= 4 is 17.5 Å². The molecule has 1 N–H and O–H groups in total. The fraction of sp³-hybridized carbons (Fsp3) is 0.350. The Morgan fingerprint density at radius 2 is 1.85 bits per heavy atom. The molecule has 0 aliphatic heterocycles. The van der Waals surface area contributed by atoms with Crippen LogP contribution in [0.3, 0.4) is 0 Å². The van der Waals surface area contributed by atoms with Crippen LogP contribution in [0, 0.1) is 6.92 Å². The standard InChI is InChI=1S/C20H24ClNO4/c1-5-17(14-6-9-18(24-3)19(11-14)25-4)22-20(23)12-26-15-7-8-16(21)13(2)10-15/h6-11,17H,5,12H2,1-4H3,(H,22,23)/t17-/m1/s1. The summed E-state index contributed by atoms with van der Waals surface area (Å²) in [5.41, 5.74) is 1.85. The van der Waals surface area contributed by atoms with E-state index in [2.05, 4.69) is 5.32 Å². The monoisotopic (exact) mass is 377 g/mol. The molecule has 0 saturated heterocycles. The van der Waals surface area contributed by atoms with Crippen LogP contribution in [0.5, 0.6) is 17.2 Å². The van der Waals surface area contributed by atoms with Gasteiger partial charge < -0.3 is 19.5 Å². The van der Waals surface area contributed by atoms with Gasteiger partial charge in [-0.05, 0) is 54.8 Å². The second-order valence-electron chi connectivity index (χ2n) is 5.84. The average molecular weight is 378 g/mol. The molecule has 0 spiro atoms. The number of ether oxygens (including phenoxy) is 3. The van der Waals surface area contributed by atoms with E-state index < -0.39 is 0 Å². The van der Waals surface area contributed by atoms with Crippen LogP contribution in [0.1, 0.15) is 30.5 Å². The Labute approximate surface area is 159 Å². The molecule has 0 fully saturated rings. The number of aryl methyl sites for hydroxylation is 1. The van der Waals surface area contributed by atoms with Crippen LogP contribution < -0.4 is 19.5 Å². The number of methoxy groups -OCH3 is 2. The zero-order chi connectivity index (χ0) is 19.1. The van der Waals surface area contributed by atoms with Crippen molar-refractivity contribution in [2.75, 3.05) is 20.8 Å². The topological polar surface area (TPSA) is 56.8 Å². The fourth-order valence-corrected chi connectivity index (χ4v) is 2.70. The lowest BCUT2D eigenvalue weighted by Crippen LogP contribution is -2.32. The second kappa shape index (κ2) is 9.34. The summed E-state index contributed by atoms with van der Waals surface area (Å²) in [4.78, 5) is 12.3. The Morgan fingerprint density at radius 1 is 1.12 bits per heavy atom. The highest BCUT2D eigenvalue weighted by Crippen LogP contribution is 2.30. The summed E-state index contributed by atoms with van der Waals surface area (Å²) in [7, 11) is 3.18. The first-order valence-corrected chi connectivity index (χ1v) is 8.76. The second-order valence-corrected chi connectivity index (χ2v) is 6.25. The number of carbonyl (C=O) groups is 1. The minimum absolute atomic E-state index is 0.0646. The molecular formula is C20H24ClNO4. The normalized spacial score (nSPS) is 11.6. The third kappa shape index (κ3) is 5.05. The van der Waals surface area contributed by atoms with Gasteiger partial charge in [-0.3, -0.25) is 4.79 Å². The number of carbonyl (C=O) groups excluding carboxylic acids is 1. The SMILES string of the molecule is CC[C@@H](NC(=O)COc1ccc(Cl)c(C)c1)c1ccc(OC)c(OC)c1. The molecule has 0 aromatic heterocycles. The summed E-state index contributed by atoms with van der Waals surface area (Å²) in [5.74, 6) is 1.70. The van der Waals surface area contributed by atoms with Gasteiger partial charge in [-0.2, -0.15) is 0 Å². The van der Waals surface area contributed by atoms with Gasteiger partial charge in [0.15, 0.2) is 18.1 Å². The smallest absolute Gasteiger partial charge is 0.258 e. The van der Waals surface area contributed by atoms with Crippen LogP contribution in [0.2, 0.25) is 5.02 Å². The first-order valence-electron chi connectivity index (χ1n) is 8.38. The molecule has 2 rings (SSSR count). The molecule has 0 radical (unpaired) electrons. The molecule has 0 aliphatic carbocycles. The van der Waals surface area contributed by atoms with Gasteiger partial charge in [0.1, 0.15) is 5.75 Å². The minimum atomic E-state index is -0.195. The van der Waals surface area contributed by atoms with Gasteiger partial charge in [0.2, 0.25) is 0 Å². The Balaban J connectivity index is 2.00. The molecule has 1 atom stereocenters. The van der Waals surface area contributed by atoms with Crippen molar-refractivity contribution in [3.63, 3.8) is 0 Å². The van der Waals surface area contributed by atoms with Crippen molar-refractivity contribution in [2.24, 2.45) is 0 Å². The van der Waals surface area contributed by atoms with Crippen molar-refractivity contribution in [1.82, 2.24) is 5.32 Å². The van der Waals surface area contributed by atoms with Crippen LogP contribution in [-0.2, 0) is 4.79 Å². The third-order valence-corrected chi connectivity index (χ3v) is 4.48. The summed E-state index contributed by atoms with van der Waals surface area (Å²) in [6.45, 7) is 3.83. The molecule has 0 saturated carbocycles. The summed E-state index contributed by atoms with van der Waals surface area (Å²) in [5, 5.41) is 3.65. The Bertz CT molecular complexity index is 763. The van der Waals surface area contributed by atoms with Gasteiger partial charge >= 0.3 is 0 Å². The van der Waals surface area contributed by atoms with E-state index in [9.17, 15) is 4.79 Å². The van der Waals surface area contributed by atoms with Crippen molar-refractivity contribution in [3.05, 3.63) is 52.5 Å². The number of amides is 1. The average Bonchev–Trinajstić information content (AvgIpc) is 2.66. The first-order chi connectivity index (χ1) is 12.5. The van der Waals surface area contributed by atoms with Crippen LogP contribution >= 0.6 is 11.6 Å². The summed E-state index contributed by atoms with van der Waals surface area (Å²) < 4.78 is 16.1. The number of hydrogen-bond acceptors (Lipinski definition) is 4. The molecule has 0 aliphatic rings. The largest absolute Gasteiger partial charge is 0.493 e. The lowest BCUT2D eigenvalue weighted by molar-refractivity contribution is -0.123. The number of benzene rings is 2. The van der Waals surface area contributed by atoms with Crippen LogP contribution in [-0.4, -0.2) is 26.7 Å². The molecule has 6 heteroatoms. The fourth-order valence-electron chi connectivity index (χ4n) is 2.58. The first kappa shape index (κ1) is 19.9. The van der Waals surface area contributed by atoms with Gasteiger partial charge in [0, 0.05) is 5.02 Å². The van der Waals surface area contributed by atoms with E-state index in [4.69, 9.17) is 25.8 Å². The third-order valence-electron chi connectivity index (χ3n) is 4.05. The van der Waals surface area contributed by atoms with Crippen LogP contribution in [0.4, 0.5) is 0 Å². The Hall–Kier alpha value is -2.40. The summed E-state index contributed by atoms with van der Waals surface area (Å²) >= 11 is 5.99. The predicted octanol–water partition coefficient (Wildman–Crippen LogP) is 4.31. The zero-order valence-corrected chi connectivity index (χ0v) is 16.2. The van der Waals surface area contributed by atoms with E-state index in [-0.39, 0.29) is 18.6 Å². The number of nitrogens with one attached hydrogen (secondary N) is 1. The molecule has 2 aromatic carbocycles. The molecule has 140 valence electrons. The molecule has 5 nitrogen and oxygen atoms in total. The number of halogens is 1. The molecule has 0 unspecified atom stereocenters. The van der Waals surface area contributed by atoms with E-state index >= 15 is 0 Å². The van der Waals surface area contributed by atoms with Crippen LogP contribution in [0.15, 0.2) is 36.4 Å². The lowest BCUT2D eigenvalue weighted by Gasteiger charge is -2.19. The van der Waals surface area contributed by atoms with E-state index in [0.717, 1.165) is 17.5 Å². The maximum Gasteiger partial charge on any atom is 0.258 e. The molecule has 26 heavy (non-hydrogen) atoms. The highest BCUT2D eigenvalue weighted by Gasteiger charge is 2.16. The maximum atomic E-state index is 12.3. The van der Waals surface area contributed by atoms with Crippen molar-refractivity contribution < 1.29 is 19.0 Å². The van der Waals surface area contributed by atoms with E-state index in [1.165, 1.54) is 0 Å². The van der Waals surface area contributed by atoms with Crippen molar-refractivity contribution in [3.8, 4) is 17.2 Å². The van der Waals surface area contributed by atoms with E-state index in [0.29, 0.717) is 22.3 Å². The number of hydrogen-bond donors (Lipinski definition) is 1. The lowest BCUT2D eigenvalue weighted by atomic mass is 10.0. The van der Waals surface area contributed by atoms with Crippen molar-refractivity contribution in [2.45, 2.75) is 26.3 Å². The quantitative estimate of drug-likeness (QED) is 0.744. The predicted molar refractivity (Wildman–Crippen MR) is 102 cm³/mol. The van der Waals surface area contributed by atoms with E-state index in [1.54, 1.807) is 32.4 Å². The minimum Gasteiger partial charge on any atom is -0.493 e. The zero-order valence-electron chi connectivity index (χ0n) is 15.5. The molecule has 0 bridgehead atoms. The summed E-state index contributed by atoms with van der Waals surface area (Å²) in [6.07, 6.45) is 0.737. The van der Waals surface area contributed by atoms with Gasteiger partial charge in [0.25, 0.3) is 5.91 Å². The van der Waals surface area contributed by atoms with Crippen LogP contribution in [0.25, 0.3) is 0 Å². The molecule has 0 heterocycles. The number of rotatable bonds is 8. The van der Waals surface area contributed by atoms with Crippen molar-refractivity contribution in [1.29, 1.82) is 0 Å². The maximum absolute atomic E-state index is 12.3. The van der Waals surface area contributed by atoms with Gasteiger partial charge in [-0.1, -0.05) is 24.6 Å². The Morgan fingerprint density at radius 3 is 2.46 bits per heavy atom.